The smallest absolute Gasteiger partial charge is 0.191 e. The molecule has 23 heavy (non-hydrogen) atoms. The summed E-state index contributed by atoms with van der Waals surface area (Å²) in [5.74, 6) is 1.79. The Bertz CT molecular complexity index is 819. The molecule has 0 N–H and O–H groups in total. The molecule has 4 nitrogen and oxygen atoms in total. The molecule has 0 radical (unpaired) electrons. The van der Waals surface area contributed by atoms with Gasteiger partial charge in [0.2, 0.25) is 0 Å². The molecule has 6 heteroatoms. The van der Waals surface area contributed by atoms with Gasteiger partial charge in [-0.05, 0) is 29.8 Å². The lowest BCUT2D eigenvalue weighted by molar-refractivity contribution is 0.414. The van der Waals surface area contributed by atoms with E-state index in [1.165, 1.54) is 6.07 Å². The van der Waals surface area contributed by atoms with E-state index in [0.29, 0.717) is 11.4 Å². The molecule has 0 saturated heterocycles. The van der Waals surface area contributed by atoms with E-state index in [1.54, 1.807) is 37.1 Å². The third kappa shape index (κ3) is 3.37. The van der Waals surface area contributed by atoms with Gasteiger partial charge >= 0.3 is 0 Å². The summed E-state index contributed by atoms with van der Waals surface area (Å²) >= 11 is 1.55. The molecule has 0 bridgehead atoms. The van der Waals surface area contributed by atoms with Crippen molar-refractivity contribution in [2.75, 3.05) is 7.11 Å². The van der Waals surface area contributed by atoms with Crippen molar-refractivity contribution >= 4 is 11.8 Å². The molecular weight excluding hydrogens is 313 g/mol. The molecule has 1 heterocycles. The predicted molar refractivity (Wildman–Crippen MR) is 89.0 cm³/mol. The summed E-state index contributed by atoms with van der Waals surface area (Å²) in [6, 6.07) is 14.5. The highest BCUT2D eigenvalue weighted by atomic mass is 32.2. The van der Waals surface area contributed by atoms with Crippen LogP contribution in [0.5, 0.6) is 5.75 Å². The van der Waals surface area contributed by atoms with Crippen LogP contribution in [0.4, 0.5) is 4.39 Å². The molecule has 1 aromatic heterocycles. The highest BCUT2D eigenvalue weighted by Gasteiger charge is 2.14. The van der Waals surface area contributed by atoms with Crippen LogP contribution in [0.2, 0.25) is 0 Å². The van der Waals surface area contributed by atoms with Gasteiger partial charge in [0.25, 0.3) is 0 Å². The third-order valence-electron chi connectivity index (χ3n) is 3.45. The van der Waals surface area contributed by atoms with Crippen LogP contribution < -0.4 is 4.74 Å². The summed E-state index contributed by atoms with van der Waals surface area (Å²) in [4.78, 5) is 0. The van der Waals surface area contributed by atoms with Crippen LogP contribution in [0.15, 0.2) is 53.7 Å². The van der Waals surface area contributed by atoms with E-state index >= 15 is 0 Å². The van der Waals surface area contributed by atoms with Gasteiger partial charge < -0.3 is 9.30 Å². The highest BCUT2D eigenvalue weighted by molar-refractivity contribution is 7.98. The lowest BCUT2D eigenvalue weighted by atomic mass is 10.2. The zero-order valence-electron chi connectivity index (χ0n) is 12.9. The van der Waals surface area contributed by atoms with Crippen LogP contribution in [0.1, 0.15) is 5.56 Å². The number of hydrogen-bond donors (Lipinski definition) is 0. The number of hydrogen-bond acceptors (Lipinski definition) is 4. The second-order valence-corrected chi connectivity index (χ2v) is 5.93. The average Bonchev–Trinajstić information content (AvgIpc) is 2.94. The van der Waals surface area contributed by atoms with Gasteiger partial charge in [0.15, 0.2) is 11.0 Å². The number of rotatable bonds is 5. The van der Waals surface area contributed by atoms with Crippen molar-refractivity contribution in [3.8, 4) is 17.1 Å². The van der Waals surface area contributed by atoms with Crippen molar-refractivity contribution in [1.29, 1.82) is 0 Å². The van der Waals surface area contributed by atoms with Gasteiger partial charge in [0, 0.05) is 12.8 Å². The zero-order chi connectivity index (χ0) is 16.2. The number of benzene rings is 2. The lowest BCUT2D eigenvalue weighted by Crippen LogP contribution is -1.96. The van der Waals surface area contributed by atoms with E-state index in [4.69, 9.17) is 4.74 Å². The van der Waals surface area contributed by atoms with Crippen molar-refractivity contribution in [2.45, 2.75) is 10.9 Å². The number of aromatic nitrogens is 3. The third-order valence-corrected chi connectivity index (χ3v) is 4.54. The van der Waals surface area contributed by atoms with Crippen molar-refractivity contribution in [2.24, 2.45) is 7.05 Å². The minimum atomic E-state index is -0.299. The maximum Gasteiger partial charge on any atom is 0.191 e. The predicted octanol–water partition coefficient (Wildman–Crippen LogP) is 3.92. The fourth-order valence-corrected chi connectivity index (χ4v) is 3.08. The SMILES string of the molecule is COc1cccc(CSc2nnc(-c3ccccc3F)n2C)c1. The Balaban J connectivity index is 1.78. The van der Waals surface area contributed by atoms with E-state index in [0.717, 1.165) is 22.2 Å². The van der Waals surface area contributed by atoms with Gasteiger partial charge in [-0.2, -0.15) is 0 Å². The first-order valence-corrected chi connectivity index (χ1v) is 8.07. The van der Waals surface area contributed by atoms with Gasteiger partial charge in [0.1, 0.15) is 11.6 Å². The van der Waals surface area contributed by atoms with Gasteiger partial charge in [0.05, 0.1) is 12.7 Å². The van der Waals surface area contributed by atoms with E-state index in [2.05, 4.69) is 10.2 Å². The Labute approximate surface area is 138 Å². The van der Waals surface area contributed by atoms with Crippen molar-refractivity contribution in [3.05, 3.63) is 59.9 Å². The summed E-state index contributed by atoms with van der Waals surface area (Å²) in [6.07, 6.45) is 0. The average molecular weight is 329 g/mol. The lowest BCUT2D eigenvalue weighted by Gasteiger charge is -2.06. The van der Waals surface area contributed by atoms with E-state index in [-0.39, 0.29) is 5.82 Å². The number of ether oxygens (including phenoxy) is 1. The van der Waals surface area contributed by atoms with Gasteiger partial charge in [-0.3, -0.25) is 0 Å². The second kappa shape index (κ2) is 6.83. The van der Waals surface area contributed by atoms with Crippen LogP contribution in [-0.4, -0.2) is 21.9 Å². The molecular formula is C17H16FN3OS. The Kier molecular flexibility index (Phi) is 4.62. The number of halogens is 1. The van der Waals surface area contributed by atoms with Gasteiger partial charge in [-0.15, -0.1) is 10.2 Å². The van der Waals surface area contributed by atoms with Gasteiger partial charge in [-0.25, -0.2) is 4.39 Å². The van der Waals surface area contributed by atoms with Crippen molar-refractivity contribution in [3.63, 3.8) is 0 Å². The summed E-state index contributed by atoms with van der Waals surface area (Å²) < 4.78 is 20.9. The molecule has 0 atom stereocenters. The second-order valence-electron chi connectivity index (χ2n) is 4.99. The van der Waals surface area contributed by atoms with Crippen LogP contribution >= 0.6 is 11.8 Å². The Morgan fingerprint density at radius 3 is 2.74 bits per heavy atom. The van der Waals surface area contributed by atoms with Crippen LogP contribution in [-0.2, 0) is 12.8 Å². The first kappa shape index (κ1) is 15.6. The highest BCUT2D eigenvalue weighted by Crippen LogP contribution is 2.27. The minimum Gasteiger partial charge on any atom is -0.497 e. The fraction of sp³-hybridized carbons (Fsp3) is 0.176. The van der Waals surface area contributed by atoms with Crippen molar-refractivity contribution in [1.82, 2.24) is 14.8 Å². The number of thioether (sulfide) groups is 1. The maximum absolute atomic E-state index is 13.9. The molecule has 0 amide bonds. The van der Waals surface area contributed by atoms with Gasteiger partial charge in [-0.1, -0.05) is 36.0 Å². The molecule has 2 aromatic carbocycles. The van der Waals surface area contributed by atoms with E-state index in [1.807, 2.05) is 35.9 Å². The molecule has 0 spiro atoms. The van der Waals surface area contributed by atoms with Crippen LogP contribution in [0.25, 0.3) is 11.4 Å². The molecule has 0 unspecified atom stereocenters. The van der Waals surface area contributed by atoms with Crippen molar-refractivity contribution < 1.29 is 9.13 Å². The Morgan fingerprint density at radius 2 is 1.96 bits per heavy atom. The standard InChI is InChI=1S/C17H16FN3OS/c1-21-16(14-8-3-4-9-15(14)18)19-20-17(21)23-11-12-6-5-7-13(10-12)22-2/h3-10H,11H2,1-2H3. The fourth-order valence-electron chi connectivity index (χ4n) is 2.23. The molecule has 0 aliphatic heterocycles. The summed E-state index contributed by atoms with van der Waals surface area (Å²) in [7, 11) is 3.49. The quantitative estimate of drug-likeness (QED) is 0.665. The monoisotopic (exact) mass is 329 g/mol. The Hall–Kier alpha value is -2.34. The number of methoxy groups -OCH3 is 1. The van der Waals surface area contributed by atoms with E-state index in [9.17, 15) is 4.39 Å². The first-order valence-electron chi connectivity index (χ1n) is 7.09. The molecule has 0 saturated carbocycles. The minimum absolute atomic E-state index is 0.299. The zero-order valence-corrected chi connectivity index (χ0v) is 13.7. The largest absolute Gasteiger partial charge is 0.497 e. The molecule has 3 rings (SSSR count). The normalized spacial score (nSPS) is 10.7. The first-order chi connectivity index (χ1) is 11.2. The molecule has 0 aliphatic rings. The van der Waals surface area contributed by atoms with E-state index < -0.39 is 0 Å². The summed E-state index contributed by atoms with van der Waals surface area (Å²) in [6.45, 7) is 0. The van der Waals surface area contributed by atoms with Crippen LogP contribution in [0, 0.1) is 5.82 Å². The molecule has 3 aromatic rings. The Morgan fingerprint density at radius 1 is 1.13 bits per heavy atom. The number of nitrogens with zero attached hydrogens (tertiary/aromatic N) is 3. The molecule has 118 valence electrons. The summed E-state index contributed by atoms with van der Waals surface area (Å²) in [5.41, 5.74) is 1.58. The van der Waals surface area contributed by atoms with Crippen LogP contribution in [0.3, 0.4) is 0 Å². The summed E-state index contributed by atoms with van der Waals surface area (Å²) in [5, 5.41) is 9.03. The topological polar surface area (TPSA) is 39.9 Å². The maximum atomic E-state index is 13.9. The molecule has 0 aliphatic carbocycles. The molecule has 0 fully saturated rings.